The van der Waals surface area contributed by atoms with Crippen LogP contribution < -0.4 is 4.31 Å². The molecule has 8 heteroatoms. The van der Waals surface area contributed by atoms with Crippen LogP contribution in [0.4, 0.5) is 5.69 Å². The van der Waals surface area contributed by atoms with Crippen molar-refractivity contribution in [2.75, 3.05) is 38.5 Å². The lowest BCUT2D eigenvalue weighted by Gasteiger charge is -2.35. The van der Waals surface area contributed by atoms with Gasteiger partial charge in [-0.15, -0.1) is 0 Å². The Kier molecular flexibility index (Phi) is 6.51. The summed E-state index contributed by atoms with van der Waals surface area (Å²) in [5.74, 6) is -0.135. The lowest BCUT2D eigenvalue weighted by molar-refractivity contribution is 0.0663. The second-order valence-electron chi connectivity index (χ2n) is 7.47. The minimum Gasteiger partial charge on any atom is -0.339 e. The molecule has 3 rings (SSSR count). The zero-order valence-electron chi connectivity index (χ0n) is 16.9. The monoisotopic (exact) mass is 435 g/mol. The quantitative estimate of drug-likeness (QED) is 0.722. The van der Waals surface area contributed by atoms with Crippen LogP contribution in [0.5, 0.6) is 0 Å². The molecule has 1 saturated heterocycles. The number of anilines is 1. The summed E-state index contributed by atoms with van der Waals surface area (Å²) >= 11 is 5.99. The molecule has 2 aromatic carbocycles. The molecule has 1 heterocycles. The molecular formula is C21H26ClN3O3S. The summed E-state index contributed by atoms with van der Waals surface area (Å²) in [6.07, 6.45) is 1.82. The molecule has 0 saturated carbocycles. The van der Waals surface area contributed by atoms with Crippen molar-refractivity contribution in [2.24, 2.45) is 0 Å². The van der Waals surface area contributed by atoms with Gasteiger partial charge in [0.15, 0.2) is 0 Å². The zero-order valence-corrected chi connectivity index (χ0v) is 18.4. The maximum Gasteiger partial charge on any atom is 0.264 e. The van der Waals surface area contributed by atoms with E-state index in [1.54, 1.807) is 41.3 Å². The predicted octanol–water partition coefficient (Wildman–Crippen LogP) is 3.33. The van der Waals surface area contributed by atoms with E-state index in [1.807, 2.05) is 14.1 Å². The van der Waals surface area contributed by atoms with E-state index in [-0.39, 0.29) is 10.8 Å². The summed E-state index contributed by atoms with van der Waals surface area (Å²) in [7, 11) is 1.75. The molecule has 0 atom stereocenters. The molecule has 0 radical (unpaired) electrons. The highest BCUT2D eigenvalue weighted by Crippen LogP contribution is 2.25. The number of sulfonamides is 1. The van der Waals surface area contributed by atoms with Crippen molar-refractivity contribution in [3.05, 3.63) is 59.1 Å². The third kappa shape index (κ3) is 4.74. The van der Waals surface area contributed by atoms with Gasteiger partial charge < -0.3 is 9.80 Å². The number of halogens is 1. The van der Waals surface area contributed by atoms with Gasteiger partial charge in [0.05, 0.1) is 10.6 Å². The second kappa shape index (κ2) is 8.73. The van der Waals surface area contributed by atoms with E-state index in [0.29, 0.717) is 35.4 Å². The summed E-state index contributed by atoms with van der Waals surface area (Å²) in [6, 6.07) is 13.3. The van der Waals surface area contributed by atoms with Crippen LogP contribution in [-0.4, -0.2) is 64.4 Å². The topological polar surface area (TPSA) is 60.9 Å². The lowest BCUT2D eigenvalue weighted by Crippen LogP contribution is -2.44. The number of amides is 1. The average Bonchev–Trinajstić information content (AvgIpc) is 2.72. The number of benzene rings is 2. The normalized spacial score (nSPS) is 15.6. The van der Waals surface area contributed by atoms with Crippen molar-refractivity contribution in [3.8, 4) is 0 Å². The minimum absolute atomic E-state index is 0.0778. The van der Waals surface area contributed by atoms with Crippen molar-refractivity contribution < 1.29 is 13.2 Å². The van der Waals surface area contributed by atoms with Crippen LogP contribution in [-0.2, 0) is 10.0 Å². The van der Waals surface area contributed by atoms with Gasteiger partial charge in [0.25, 0.3) is 15.9 Å². The molecule has 0 bridgehead atoms. The van der Waals surface area contributed by atoms with E-state index in [4.69, 9.17) is 11.6 Å². The summed E-state index contributed by atoms with van der Waals surface area (Å²) in [6.45, 7) is 1.34. The maximum absolute atomic E-state index is 13.1. The number of likely N-dealkylation sites (tertiary alicyclic amines) is 1. The van der Waals surface area contributed by atoms with Gasteiger partial charge >= 0.3 is 0 Å². The number of hydrogen-bond acceptors (Lipinski definition) is 4. The summed E-state index contributed by atoms with van der Waals surface area (Å²) in [5, 5.41) is 0.453. The molecule has 0 unspecified atom stereocenters. The Balaban J connectivity index is 1.81. The van der Waals surface area contributed by atoms with Gasteiger partial charge in [-0.05, 0) is 63.3 Å². The number of piperidine rings is 1. The average molecular weight is 436 g/mol. The molecule has 1 aliphatic rings. The minimum atomic E-state index is -3.82. The first-order chi connectivity index (χ1) is 13.7. The zero-order chi connectivity index (χ0) is 21.2. The first kappa shape index (κ1) is 21.6. The van der Waals surface area contributed by atoms with Crippen molar-refractivity contribution >= 4 is 33.2 Å². The fraction of sp³-hybridized carbons (Fsp3) is 0.381. The van der Waals surface area contributed by atoms with E-state index in [2.05, 4.69) is 4.90 Å². The molecule has 156 valence electrons. The Morgan fingerprint density at radius 2 is 1.69 bits per heavy atom. The number of carbonyl (C=O) groups excluding carboxylic acids is 1. The second-order valence-corrected chi connectivity index (χ2v) is 9.87. The van der Waals surface area contributed by atoms with Gasteiger partial charge in [0, 0.05) is 36.8 Å². The summed E-state index contributed by atoms with van der Waals surface area (Å²) in [5.41, 5.74) is 0.842. The molecule has 29 heavy (non-hydrogen) atoms. The molecule has 0 spiro atoms. The third-order valence-electron chi connectivity index (χ3n) is 5.39. The molecule has 1 amide bonds. The molecule has 2 aromatic rings. The van der Waals surface area contributed by atoms with Crippen molar-refractivity contribution in [2.45, 2.75) is 23.8 Å². The Hall–Kier alpha value is -2.09. The van der Waals surface area contributed by atoms with E-state index < -0.39 is 10.0 Å². The molecule has 1 aliphatic heterocycles. The smallest absolute Gasteiger partial charge is 0.264 e. The van der Waals surface area contributed by atoms with Gasteiger partial charge in [-0.2, -0.15) is 0 Å². The number of carbonyl (C=O) groups is 1. The molecule has 0 aromatic heterocycles. The van der Waals surface area contributed by atoms with Gasteiger partial charge in [0.1, 0.15) is 0 Å². The van der Waals surface area contributed by atoms with Crippen LogP contribution >= 0.6 is 11.6 Å². The molecule has 1 fully saturated rings. The number of nitrogens with zero attached hydrogens (tertiary/aromatic N) is 3. The Morgan fingerprint density at radius 1 is 1.03 bits per heavy atom. The molecular weight excluding hydrogens is 410 g/mol. The Labute approximate surface area is 177 Å². The fourth-order valence-electron chi connectivity index (χ4n) is 3.53. The van der Waals surface area contributed by atoms with Crippen molar-refractivity contribution in [1.29, 1.82) is 0 Å². The predicted molar refractivity (Wildman–Crippen MR) is 116 cm³/mol. The van der Waals surface area contributed by atoms with Gasteiger partial charge in [-0.3, -0.25) is 9.10 Å². The largest absolute Gasteiger partial charge is 0.339 e. The Bertz CT molecular complexity index is 986. The SMILES string of the molecule is CN(C)C1CCN(C(=O)c2cccc(S(=O)(=O)N(C)c3cccc(Cl)c3)c2)CC1. The van der Waals surface area contributed by atoms with Crippen LogP contribution in [0.2, 0.25) is 5.02 Å². The molecule has 0 aliphatic carbocycles. The van der Waals surface area contributed by atoms with E-state index >= 15 is 0 Å². The maximum atomic E-state index is 13.1. The first-order valence-electron chi connectivity index (χ1n) is 9.50. The van der Waals surface area contributed by atoms with Crippen LogP contribution in [0, 0.1) is 0 Å². The van der Waals surface area contributed by atoms with Crippen LogP contribution in [0.3, 0.4) is 0 Å². The van der Waals surface area contributed by atoms with Crippen LogP contribution in [0.25, 0.3) is 0 Å². The van der Waals surface area contributed by atoms with Crippen LogP contribution in [0.1, 0.15) is 23.2 Å². The highest BCUT2D eigenvalue weighted by molar-refractivity contribution is 7.92. The summed E-state index contributed by atoms with van der Waals surface area (Å²) < 4.78 is 27.3. The highest BCUT2D eigenvalue weighted by atomic mass is 35.5. The number of rotatable bonds is 5. The van der Waals surface area contributed by atoms with E-state index in [9.17, 15) is 13.2 Å². The third-order valence-corrected chi connectivity index (χ3v) is 7.41. The Morgan fingerprint density at radius 3 is 2.31 bits per heavy atom. The highest BCUT2D eigenvalue weighted by Gasteiger charge is 2.27. The standard InChI is InChI=1S/C21H26ClN3O3S/c1-23(2)18-10-12-25(13-11-18)21(26)16-6-4-9-20(14-16)29(27,28)24(3)19-8-5-7-17(22)15-19/h4-9,14-15,18H,10-13H2,1-3H3. The van der Waals surface area contributed by atoms with E-state index in [0.717, 1.165) is 12.8 Å². The molecule has 0 N–H and O–H groups in total. The summed E-state index contributed by atoms with van der Waals surface area (Å²) in [4.78, 5) is 17.0. The van der Waals surface area contributed by atoms with Crippen molar-refractivity contribution in [3.63, 3.8) is 0 Å². The van der Waals surface area contributed by atoms with E-state index in [1.165, 1.54) is 23.5 Å². The van der Waals surface area contributed by atoms with Gasteiger partial charge in [-0.25, -0.2) is 8.42 Å². The van der Waals surface area contributed by atoms with Gasteiger partial charge in [0.2, 0.25) is 0 Å². The van der Waals surface area contributed by atoms with Crippen molar-refractivity contribution in [1.82, 2.24) is 9.80 Å². The van der Waals surface area contributed by atoms with Gasteiger partial charge in [-0.1, -0.05) is 23.7 Å². The fourth-order valence-corrected chi connectivity index (χ4v) is 4.94. The number of hydrogen-bond donors (Lipinski definition) is 0. The lowest BCUT2D eigenvalue weighted by atomic mass is 10.0. The first-order valence-corrected chi connectivity index (χ1v) is 11.3. The van der Waals surface area contributed by atoms with Crippen LogP contribution in [0.15, 0.2) is 53.4 Å². The molecule has 6 nitrogen and oxygen atoms in total.